The Kier molecular flexibility index (Phi) is 6.24. The van der Waals surface area contributed by atoms with Crippen molar-refractivity contribution in [2.24, 2.45) is 11.8 Å². The molecule has 92 valence electrons. The summed E-state index contributed by atoms with van der Waals surface area (Å²) in [4.78, 5) is 0. The Morgan fingerprint density at radius 1 is 1.31 bits per heavy atom. The predicted molar refractivity (Wildman–Crippen MR) is 68.5 cm³/mol. The summed E-state index contributed by atoms with van der Waals surface area (Å²) in [5.74, 6) is 1.47. The minimum atomic E-state index is 0.733. The average molecular weight is 223 g/mol. The van der Waals surface area contributed by atoms with E-state index in [1.165, 1.54) is 18.4 Å². The van der Waals surface area contributed by atoms with E-state index in [1.54, 1.807) is 6.26 Å². The first-order chi connectivity index (χ1) is 7.72. The zero-order valence-electron chi connectivity index (χ0n) is 10.8. The molecule has 16 heavy (non-hydrogen) atoms. The molecule has 1 unspecified atom stereocenters. The Labute approximate surface area is 99.4 Å². The topological polar surface area (TPSA) is 25.2 Å². The highest BCUT2D eigenvalue weighted by Gasteiger charge is 2.09. The minimum Gasteiger partial charge on any atom is -0.472 e. The third kappa shape index (κ3) is 5.36. The standard InChI is InChI=1S/C14H25NO/c1-4-5-13(10-15-9-12(2)3)8-14-6-7-16-11-14/h6-7,11-13,15H,4-5,8-10H2,1-3H3. The molecule has 0 saturated heterocycles. The summed E-state index contributed by atoms with van der Waals surface area (Å²) >= 11 is 0. The number of rotatable bonds is 8. The molecule has 2 heteroatoms. The average Bonchev–Trinajstić information content (AvgIpc) is 2.70. The summed E-state index contributed by atoms with van der Waals surface area (Å²) in [6.07, 6.45) is 7.31. The fraction of sp³-hybridized carbons (Fsp3) is 0.714. The van der Waals surface area contributed by atoms with E-state index in [0.29, 0.717) is 0 Å². The van der Waals surface area contributed by atoms with Gasteiger partial charge in [-0.05, 0) is 49.4 Å². The molecule has 0 aliphatic heterocycles. The molecule has 0 saturated carbocycles. The van der Waals surface area contributed by atoms with Crippen LogP contribution in [-0.4, -0.2) is 13.1 Å². The Balaban J connectivity index is 2.29. The molecule has 1 heterocycles. The van der Waals surface area contributed by atoms with Crippen molar-refractivity contribution >= 4 is 0 Å². The van der Waals surface area contributed by atoms with Crippen LogP contribution in [0.5, 0.6) is 0 Å². The third-order valence-electron chi connectivity index (χ3n) is 2.79. The lowest BCUT2D eigenvalue weighted by Gasteiger charge is -2.17. The normalized spacial score (nSPS) is 13.2. The molecule has 0 bridgehead atoms. The summed E-state index contributed by atoms with van der Waals surface area (Å²) in [5, 5.41) is 3.55. The first-order valence-corrected chi connectivity index (χ1v) is 6.44. The molecule has 0 aliphatic rings. The smallest absolute Gasteiger partial charge is 0.0934 e. The first kappa shape index (κ1) is 13.3. The molecule has 1 rings (SSSR count). The summed E-state index contributed by atoms with van der Waals surface area (Å²) in [7, 11) is 0. The highest BCUT2D eigenvalue weighted by atomic mass is 16.3. The Hall–Kier alpha value is -0.760. The highest BCUT2D eigenvalue weighted by molar-refractivity contribution is 5.06. The summed E-state index contributed by atoms with van der Waals surface area (Å²) in [5.41, 5.74) is 1.32. The molecule has 0 radical (unpaired) electrons. The molecular weight excluding hydrogens is 198 g/mol. The van der Waals surface area contributed by atoms with E-state index in [1.807, 2.05) is 6.26 Å². The Morgan fingerprint density at radius 2 is 2.12 bits per heavy atom. The van der Waals surface area contributed by atoms with Crippen molar-refractivity contribution in [3.05, 3.63) is 24.2 Å². The van der Waals surface area contributed by atoms with Crippen LogP contribution < -0.4 is 5.32 Å². The molecule has 1 N–H and O–H groups in total. The maximum Gasteiger partial charge on any atom is 0.0934 e. The van der Waals surface area contributed by atoms with Crippen LogP contribution in [0.4, 0.5) is 0 Å². The molecule has 1 aromatic heterocycles. The lowest BCUT2D eigenvalue weighted by atomic mass is 9.96. The summed E-state index contributed by atoms with van der Waals surface area (Å²) < 4.78 is 5.12. The Morgan fingerprint density at radius 3 is 2.69 bits per heavy atom. The van der Waals surface area contributed by atoms with Crippen LogP contribution in [-0.2, 0) is 6.42 Å². The van der Waals surface area contributed by atoms with Gasteiger partial charge in [-0.1, -0.05) is 27.2 Å². The highest BCUT2D eigenvalue weighted by Crippen LogP contribution is 2.14. The van der Waals surface area contributed by atoms with Gasteiger partial charge in [-0.2, -0.15) is 0 Å². The van der Waals surface area contributed by atoms with E-state index in [9.17, 15) is 0 Å². The molecule has 0 spiro atoms. The summed E-state index contributed by atoms with van der Waals surface area (Å²) in [6.45, 7) is 8.99. The van der Waals surface area contributed by atoms with Crippen LogP contribution >= 0.6 is 0 Å². The SMILES string of the molecule is CCCC(CNCC(C)C)Cc1ccoc1. The molecule has 0 aromatic carbocycles. The van der Waals surface area contributed by atoms with Crippen molar-refractivity contribution in [2.45, 2.75) is 40.0 Å². The maximum atomic E-state index is 5.12. The molecule has 0 amide bonds. The van der Waals surface area contributed by atoms with Crippen LogP contribution in [0.15, 0.2) is 23.0 Å². The van der Waals surface area contributed by atoms with Gasteiger partial charge in [0.1, 0.15) is 0 Å². The molecular formula is C14H25NO. The number of nitrogens with one attached hydrogen (secondary N) is 1. The monoisotopic (exact) mass is 223 g/mol. The van der Waals surface area contributed by atoms with Gasteiger partial charge in [-0.15, -0.1) is 0 Å². The van der Waals surface area contributed by atoms with Gasteiger partial charge in [-0.3, -0.25) is 0 Å². The molecule has 2 nitrogen and oxygen atoms in total. The van der Waals surface area contributed by atoms with E-state index in [-0.39, 0.29) is 0 Å². The second-order valence-electron chi connectivity index (χ2n) is 5.04. The van der Waals surface area contributed by atoms with Gasteiger partial charge in [0.05, 0.1) is 12.5 Å². The van der Waals surface area contributed by atoms with Crippen LogP contribution in [0.2, 0.25) is 0 Å². The van der Waals surface area contributed by atoms with Gasteiger partial charge in [0, 0.05) is 0 Å². The van der Waals surface area contributed by atoms with Crippen LogP contribution in [0.1, 0.15) is 39.2 Å². The predicted octanol–water partition coefficient (Wildman–Crippen LogP) is 3.48. The fourth-order valence-corrected chi connectivity index (χ4v) is 2.00. The maximum absolute atomic E-state index is 5.12. The van der Waals surface area contributed by atoms with E-state index in [2.05, 4.69) is 32.2 Å². The molecule has 0 fully saturated rings. The van der Waals surface area contributed by atoms with E-state index < -0.39 is 0 Å². The molecule has 1 aromatic rings. The van der Waals surface area contributed by atoms with Crippen molar-refractivity contribution in [2.75, 3.05) is 13.1 Å². The number of hydrogen-bond acceptors (Lipinski definition) is 2. The van der Waals surface area contributed by atoms with Gasteiger partial charge in [0.2, 0.25) is 0 Å². The second-order valence-corrected chi connectivity index (χ2v) is 5.04. The van der Waals surface area contributed by atoms with E-state index >= 15 is 0 Å². The van der Waals surface area contributed by atoms with Gasteiger partial charge in [0.15, 0.2) is 0 Å². The van der Waals surface area contributed by atoms with Crippen molar-refractivity contribution in [3.8, 4) is 0 Å². The van der Waals surface area contributed by atoms with Gasteiger partial charge < -0.3 is 9.73 Å². The van der Waals surface area contributed by atoms with E-state index in [4.69, 9.17) is 4.42 Å². The van der Waals surface area contributed by atoms with E-state index in [0.717, 1.165) is 31.3 Å². The lowest BCUT2D eigenvalue weighted by Crippen LogP contribution is -2.27. The fourth-order valence-electron chi connectivity index (χ4n) is 2.00. The quantitative estimate of drug-likeness (QED) is 0.730. The van der Waals surface area contributed by atoms with Crippen molar-refractivity contribution < 1.29 is 4.42 Å². The number of hydrogen-bond donors (Lipinski definition) is 1. The van der Waals surface area contributed by atoms with Gasteiger partial charge in [0.25, 0.3) is 0 Å². The second kappa shape index (κ2) is 7.50. The number of furan rings is 1. The first-order valence-electron chi connectivity index (χ1n) is 6.44. The van der Waals surface area contributed by atoms with Crippen molar-refractivity contribution in [1.29, 1.82) is 0 Å². The van der Waals surface area contributed by atoms with Crippen LogP contribution in [0, 0.1) is 11.8 Å². The zero-order chi connectivity index (χ0) is 11.8. The van der Waals surface area contributed by atoms with Crippen LogP contribution in [0.25, 0.3) is 0 Å². The molecule has 0 aliphatic carbocycles. The third-order valence-corrected chi connectivity index (χ3v) is 2.79. The summed E-state index contributed by atoms with van der Waals surface area (Å²) in [6, 6.07) is 2.07. The van der Waals surface area contributed by atoms with Crippen molar-refractivity contribution in [1.82, 2.24) is 5.32 Å². The Bertz CT molecular complexity index is 254. The van der Waals surface area contributed by atoms with Crippen molar-refractivity contribution in [3.63, 3.8) is 0 Å². The van der Waals surface area contributed by atoms with Gasteiger partial charge >= 0.3 is 0 Å². The zero-order valence-corrected chi connectivity index (χ0v) is 10.8. The van der Waals surface area contributed by atoms with Gasteiger partial charge in [-0.25, -0.2) is 0 Å². The van der Waals surface area contributed by atoms with Crippen LogP contribution in [0.3, 0.4) is 0 Å². The lowest BCUT2D eigenvalue weighted by molar-refractivity contribution is 0.419. The molecule has 1 atom stereocenters. The largest absolute Gasteiger partial charge is 0.472 e. The minimum absolute atomic E-state index is 0.733.